The quantitative estimate of drug-likeness (QED) is 0.521. The zero-order valence-electron chi connectivity index (χ0n) is 5.95. The Kier molecular flexibility index (Phi) is 4.35. The Hall–Kier alpha value is 0.290. The molecule has 0 rings (SSSR count). The molecule has 0 nitrogen and oxygen atoms in total. The summed E-state index contributed by atoms with van der Waals surface area (Å²) < 4.78 is 0. The minimum absolute atomic E-state index is 0.352. The van der Waals surface area contributed by atoms with Crippen molar-refractivity contribution in [2.24, 2.45) is 5.92 Å². The maximum absolute atomic E-state index is 5.75. The monoisotopic (exact) mass is 134 g/mol. The van der Waals surface area contributed by atoms with E-state index in [2.05, 4.69) is 13.8 Å². The fourth-order valence-electron chi connectivity index (χ4n) is 0.721. The van der Waals surface area contributed by atoms with Crippen molar-refractivity contribution in [1.82, 2.24) is 0 Å². The molecule has 2 atom stereocenters. The van der Waals surface area contributed by atoms with Gasteiger partial charge in [0.2, 0.25) is 0 Å². The second kappa shape index (κ2) is 4.20. The van der Waals surface area contributed by atoms with Crippen molar-refractivity contribution in [1.29, 1.82) is 0 Å². The molecule has 0 aromatic heterocycles. The molecule has 0 radical (unpaired) electrons. The topological polar surface area (TPSA) is 0 Å². The molecule has 1 heteroatoms. The van der Waals surface area contributed by atoms with Gasteiger partial charge in [-0.05, 0) is 19.3 Å². The molecule has 0 saturated heterocycles. The standard InChI is InChI=1S/C7H15Cl/c1-4-6(2)5-7(3)8/h6-7H,4-5H2,1-3H3. The smallest absolute Gasteiger partial charge is 0.0310 e. The molecule has 0 aliphatic heterocycles. The van der Waals surface area contributed by atoms with E-state index in [-0.39, 0.29) is 0 Å². The van der Waals surface area contributed by atoms with E-state index >= 15 is 0 Å². The van der Waals surface area contributed by atoms with Crippen LogP contribution in [0.3, 0.4) is 0 Å². The molecule has 0 aliphatic rings. The third-order valence-corrected chi connectivity index (χ3v) is 1.60. The summed E-state index contributed by atoms with van der Waals surface area (Å²) in [4.78, 5) is 0. The molecule has 2 unspecified atom stereocenters. The lowest BCUT2D eigenvalue weighted by molar-refractivity contribution is 0.513. The fourth-order valence-corrected chi connectivity index (χ4v) is 1.03. The van der Waals surface area contributed by atoms with Gasteiger partial charge in [0, 0.05) is 5.38 Å². The van der Waals surface area contributed by atoms with Gasteiger partial charge in [-0.25, -0.2) is 0 Å². The van der Waals surface area contributed by atoms with Gasteiger partial charge in [0.05, 0.1) is 0 Å². The van der Waals surface area contributed by atoms with Crippen LogP contribution >= 0.6 is 11.6 Å². The molecule has 0 aliphatic carbocycles. The molecule has 0 aromatic rings. The molecule has 0 heterocycles. The molecule has 0 aromatic carbocycles. The van der Waals surface area contributed by atoms with Crippen LogP contribution in [0.25, 0.3) is 0 Å². The molecule has 50 valence electrons. The molecule has 8 heavy (non-hydrogen) atoms. The average Bonchev–Trinajstić information content (AvgIpc) is 1.65. The maximum atomic E-state index is 5.75. The highest BCUT2D eigenvalue weighted by Gasteiger charge is 2.01. The molecule has 0 N–H and O–H groups in total. The molecule has 0 saturated carbocycles. The Balaban J connectivity index is 3.10. The van der Waals surface area contributed by atoms with Gasteiger partial charge >= 0.3 is 0 Å². The molecule has 0 spiro atoms. The van der Waals surface area contributed by atoms with Crippen LogP contribution in [0.1, 0.15) is 33.6 Å². The summed E-state index contributed by atoms with van der Waals surface area (Å²) in [7, 11) is 0. The summed E-state index contributed by atoms with van der Waals surface area (Å²) in [5.41, 5.74) is 0. The van der Waals surface area contributed by atoms with Gasteiger partial charge in [-0.15, -0.1) is 11.6 Å². The van der Waals surface area contributed by atoms with Crippen molar-refractivity contribution in [2.45, 2.75) is 39.0 Å². The van der Waals surface area contributed by atoms with Crippen molar-refractivity contribution in [2.75, 3.05) is 0 Å². The Morgan fingerprint density at radius 1 is 1.38 bits per heavy atom. The van der Waals surface area contributed by atoms with Gasteiger partial charge in [0.15, 0.2) is 0 Å². The fraction of sp³-hybridized carbons (Fsp3) is 1.00. The van der Waals surface area contributed by atoms with Crippen LogP contribution in [0.4, 0.5) is 0 Å². The summed E-state index contributed by atoms with van der Waals surface area (Å²) in [5, 5.41) is 0.352. The van der Waals surface area contributed by atoms with Crippen LogP contribution in [-0.2, 0) is 0 Å². The normalized spacial score (nSPS) is 18.0. The van der Waals surface area contributed by atoms with E-state index in [1.807, 2.05) is 6.92 Å². The zero-order chi connectivity index (χ0) is 6.57. The lowest BCUT2D eigenvalue weighted by atomic mass is 10.0. The van der Waals surface area contributed by atoms with Gasteiger partial charge in [0.25, 0.3) is 0 Å². The Morgan fingerprint density at radius 3 is 2.00 bits per heavy atom. The summed E-state index contributed by atoms with van der Waals surface area (Å²) >= 11 is 5.75. The van der Waals surface area contributed by atoms with E-state index in [1.54, 1.807) is 0 Å². The second-order valence-corrected chi connectivity index (χ2v) is 3.27. The summed E-state index contributed by atoms with van der Waals surface area (Å²) in [6.07, 6.45) is 2.40. The average molecular weight is 135 g/mol. The van der Waals surface area contributed by atoms with Crippen molar-refractivity contribution >= 4 is 11.6 Å². The molecule has 0 bridgehead atoms. The SMILES string of the molecule is CCC(C)CC(C)Cl. The minimum Gasteiger partial charge on any atom is -0.123 e. The van der Waals surface area contributed by atoms with Crippen LogP contribution in [-0.4, -0.2) is 5.38 Å². The van der Waals surface area contributed by atoms with E-state index in [1.165, 1.54) is 6.42 Å². The van der Waals surface area contributed by atoms with E-state index in [4.69, 9.17) is 11.6 Å². The van der Waals surface area contributed by atoms with Crippen molar-refractivity contribution < 1.29 is 0 Å². The highest BCUT2D eigenvalue weighted by molar-refractivity contribution is 6.20. The maximum Gasteiger partial charge on any atom is 0.0310 e. The first kappa shape index (κ1) is 8.29. The minimum atomic E-state index is 0.352. The van der Waals surface area contributed by atoms with Crippen molar-refractivity contribution in [3.8, 4) is 0 Å². The molecular weight excluding hydrogens is 120 g/mol. The number of hydrogen-bond donors (Lipinski definition) is 0. The van der Waals surface area contributed by atoms with Crippen molar-refractivity contribution in [3.05, 3.63) is 0 Å². The molecule has 0 amide bonds. The van der Waals surface area contributed by atoms with E-state index in [9.17, 15) is 0 Å². The lowest BCUT2D eigenvalue weighted by Crippen LogP contribution is -1.99. The Labute approximate surface area is 57.2 Å². The first-order valence-electron chi connectivity index (χ1n) is 3.30. The zero-order valence-corrected chi connectivity index (χ0v) is 6.70. The predicted molar refractivity (Wildman–Crippen MR) is 39.4 cm³/mol. The van der Waals surface area contributed by atoms with E-state index in [0.29, 0.717) is 5.38 Å². The van der Waals surface area contributed by atoms with Crippen molar-refractivity contribution in [3.63, 3.8) is 0 Å². The van der Waals surface area contributed by atoms with Gasteiger partial charge in [-0.2, -0.15) is 0 Å². The highest BCUT2D eigenvalue weighted by atomic mass is 35.5. The third kappa shape index (κ3) is 4.45. The number of halogens is 1. The number of hydrogen-bond acceptors (Lipinski definition) is 0. The largest absolute Gasteiger partial charge is 0.123 e. The third-order valence-electron chi connectivity index (χ3n) is 1.42. The summed E-state index contributed by atoms with van der Waals surface area (Å²) in [6, 6.07) is 0. The lowest BCUT2D eigenvalue weighted by Gasteiger charge is -2.08. The first-order valence-corrected chi connectivity index (χ1v) is 3.74. The van der Waals surface area contributed by atoms with Crippen LogP contribution in [0.15, 0.2) is 0 Å². The Morgan fingerprint density at radius 2 is 1.88 bits per heavy atom. The van der Waals surface area contributed by atoms with Gasteiger partial charge < -0.3 is 0 Å². The van der Waals surface area contributed by atoms with Crippen LogP contribution < -0.4 is 0 Å². The Bertz CT molecular complexity index is 50.3. The van der Waals surface area contributed by atoms with Crippen LogP contribution in [0.2, 0.25) is 0 Å². The van der Waals surface area contributed by atoms with E-state index in [0.717, 1.165) is 12.3 Å². The van der Waals surface area contributed by atoms with Gasteiger partial charge in [0.1, 0.15) is 0 Å². The molecule has 0 fully saturated rings. The van der Waals surface area contributed by atoms with E-state index < -0.39 is 0 Å². The van der Waals surface area contributed by atoms with Gasteiger partial charge in [-0.1, -0.05) is 20.3 Å². The summed E-state index contributed by atoms with van der Waals surface area (Å²) in [5.74, 6) is 0.794. The van der Waals surface area contributed by atoms with Crippen LogP contribution in [0.5, 0.6) is 0 Å². The number of rotatable bonds is 3. The second-order valence-electron chi connectivity index (χ2n) is 2.53. The first-order chi connectivity index (χ1) is 3.66. The highest BCUT2D eigenvalue weighted by Crippen LogP contribution is 2.12. The predicted octanol–water partition coefficient (Wildman–Crippen LogP) is 3.05. The van der Waals surface area contributed by atoms with Gasteiger partial charge in [-0.3, -0.25) is 0 Å². The van der Waals surface area contributed by atoms with Crippen LogP contribution in [0, 0.1) is 5.92 Å². The number of alkyl halides is 1. The molecular formula is C7H15Cl. The summed E-state index contributed by atoms with van der Waals surface area (Å²) in [6.45, 7) is 6.48.